The number of anilines is 2. The third kappa shape index (κ3) is 8.84. The highest BCUT2D eigenvalue weighted by Gasteiger charge is 2.36. The Hall–Kier alpha value is -3.74. The van der Waals surface area contributed by atoms with Crippen LogP contribution in [0, 0.1) is 11.3 Å². The molecule has 13 nitrogen and oxygen atoms in total. The summed E-state index contributed by atoms with van der Waals surface area (Å²) in [5.41, 5.74) is 2.92. The van der Waals surface area contributed by atoms with Crippen molar-refractivity contribution >= 4 is 49.9 Å². The Labute approximate surface area is 305 Å². The number of carbonyl (C=O) groups excluding carboxylic acids is 1. The Morgan fingerprint density at radius 3 is 2.67 bits per heavy atom. The van der Waals surface area contributed by atoms with Crippen LogP contribution in [-0.4, -0.2) is 118 Å². The van der Waals surface area contributed by atoms with Gasteiger partial charge in [-0.15, -0.1) is 0 Å². The molecule has 51 heavy (non-hydrogen) atoms. The lowest BCUT2D eigenvalue weighted by Gasteiger charge is -2.41. The molecule has 6 rings (SSSR count). The minimum Gasteiger partial charge on any atom is -0.469 e. The molecule has 0 bridgehead atoms. The van der Waals surface area contributed by atoms with E-state index in [-0.39, 0.29) is 31.4 Å². The highest BCUT2D eigenvalue weighted by atomic mass is 35.5. The van der Waals surface area contributed by atoms with Crippen LogP contribution in [0.2, 0.25) is 5.02 Å². The summed E-state index contributed by atoms with van der Waals surface area (Å²) in [6.45, 7) is 5.50. The third-order valence-corrected chi connectivity index (χ3v) is 11.6. The molecule has 0 spiro atoms. The number of likely N-dealkylation sites (tertiary alicyclic amines) is 1. The van der Waals surface area contributed by atoms with Gasteiger partial charge < -0.3 is 24.0 Å². The molecule has 2 aromatic carbocycles. The molecule has 3 aliphatic heterocycles. The predicted molar refractivity (Wildman–Crippen MR) is 196 cm³/mol. The van der Waals surface area contributed by atoms with Crippen molar-refractivity contribution in [2.75, 3.05) is 82.3 Å². The minimum atomic E-state index is -3.48. The van der Waals surface area contributed by atoms with E-state index in [1.807, 2.05) is 18.2 Å². The number of aromatic nitrogens is 2. The number of hydrogen-bond donors (Lipinski definition) is 0. The van der Waals surface area contributed by atoms with Gasteiger partial charge in [0, 0.05) is 62.0 Å². The summed E-state index contributed by atoms with van der Waals surface area (Å²) < 4.78 is 43.3. The number of fused-ring (bicyclic) bond motifs is 2. The summed E-state index contributed by atoms with van der Waals surface area (Å²) in [5.74, 6) is 0.470. The Balaban J connectivity index is 1.22. The summed E-state index contributed by atoms with van der Waals surface area (Å²) in [5, 5.41) is 12.3. The van der Waals surface area contributed by atoms with Gasteiger partial charge in [0.05, 0.1) is 62.2 Å². The molecule has 2 atom stereocenters. The largest absolute Gasteiger partial charge is 0.469 e. The van der Waals surface area contributed by atoms with E-state index < -0.39 is 16.1 Å². The zero-order valence-electron chi connectivity index (χ0n) is 29.3. The minimum absolute atomic E-state index is 0.0870. The Morgan fingerprint density at radius 1 is 1.06 bits per heavy atom. The van der Waals surface area contributed by atoms with Crippen molar-refractivity contribution in [3.8, 4) is 12.1 Å². The van der Waals surface area contributed by atoms with E-state index in [1.54, 1.807) is 0 Å². The normalized spacial score (nSPS) is 20.0. The molecule has 0 radical (unpaired) electrons. The first kappa shape index (κ1) is 37.0. The highest BCUT2D eigenvalue weighted by molar-refractivity contribution is 7.88. The molecular weight excluding hydrogens is 694 g/mol. The fourth-order valence-electron chi connectivity index (χ4n) is 7.48. The molecule has 2 unspecified atom stereocenters. The van der Waals surface area contributed by atoms with Crippen molar-refractivity contribution in [2.24, 2.45) is 0 Å². The zero-order valence-corrected chi connectivity index (χ0v) is 30.9. The predicted octanol–water partition coefficient (Wildman–Crippen LogP) is 4.02. The van der Waals surface area contributed by atoms with Crippen LogP contribution in [0.25, 0.3) is 10.8 Å². The molecule has 274 valence electrons. The number of sulfonamides is 1. The molecule has 4 heterocycles. The van der Waals surface area contributed by atoms with Crippen LogP contribution in [0.15, 0.2) is 36.4 Å². The van der Waals surface area contributed by atoms with Gasteiger partial charge in [-0.05, 0) is 49.7 Å². The second-order valence-electron chi connectivity index (χ2n) is 13.3. The molecule has 0 N–H and O–H groups in total. The van der Waals surface area contributed by atoms with Crippen LogP contribution >= 0.6 is 11.6 Å². The summed E-state index contributed by atoms with van der Waals surface area (Å²) in [4.78, 5) is 28.1. The number of halogens is 1. The van der Waals surface area contributed by atoms with E-state index in [9.17, 15) is 18.5 Å². The van der Waals surface area contributed by atoms with Crippen LogP contribution in [0.3, 0.4) is 0 Å². The number of ether oxygens (including phenoxy) is 3. The average molecular weight is 740 g/mol. The van der Waals surface area contributed by atoms with E-state index in [2.05, 4.69) is 43.7 Å². The number of rotatable bonds is 14. The van der Waals surface area contributed by atoms with E-state index in [1.165, 1.54) is 17.7 Å². The number of methoxy groups -OCH3 is 1. The quantitative estimate of drug-likeness (QED) is 0.174. The van der Waals surface area contributed by atoms with Crippen molar-refractivity contribution in [1.82, 2.24) is 19.2 Å². The standard InChI is InChI=1S/C36H46ClN7O6S/c1-48-33(45)14-22-49-21-6-17-41-16-5-9-28(41)25-50-36-39-31-24-42(32-11-4-8-26-7-3-10-30(37)34(26)32)18-13-29(31)35(40-36)43-19-20-44(51(2,46)47)27(23-43)12-15-38/h3-4,7-8,10-11,27-28H,5-6,9,12-14,16-25H2,1-2H3. The second-order valence-corrected chi connectivity index (χ2v) is 15.7. The highest BCUT2D eigenvalue weighted by Crippen LogP contribution is 2.37. The average Bonchev–Trinajstić information content (AvgIpc) is 3.58. The van der Waals surface area contributed by atoms with Crippen molar-refractivity contribution in [1.29, 1.82) is 5.26 Å². The summed E-state index contributed by atoms with van der Waals surface area (Å²) in [6.07, 6.45) is 5.13. The fourth-order valence-corrected chi connectivity index (χ4v) is 8.85. The van der Waals surface area contributed by atoms with Gasteiger partial charge in [-0.2, -0.15) is 19.5 Å². The van der Waals surface area contributed by atoms with Gasteiger partial charge in [0.1, 0.15) is 12.4 Å². The Morgan fingerprint density at radius 2 is 1.88 bits per heavy atom. The monoisotopic (exact) mass is 739 g/mol. The number of benzene rings is 2. The van der Waals surface area contributed by atoms with Gasteiger partial charge in [0.25, 0.3) is 0 Å². The van der Waals surface area contributed by atoms with Crippen molar-refractivity contribution in [3.63, 3.8) is 0 Å². The lowest BCUT2D eigenvalue weighted by atomic mass is 10.0. The number of nitrogens with zero attached hydrogens (tertiary/aromatic N) is 7. The van der Waals surface area contributed by atoms with Gasteiger partial charge in [0.2, 0.25) is 10.0 Å². The molecule has 0 amide bonds. The van der Waals surface area contributed by atoms with Gasteiger partial charge in [-0.25, -0.2) is 8.42 Å². The topological polar surface area (TPSA) is 141 Å². The molecule has 2 fully saturated rings. The molecule has 15 heteroatoms. The molecule has 0 aliphatic carbocycles. The molecule has 0 saturated carbocycles. The van der Waals surface area contributed by atoms with Crippen molar-refractivity contribution < 1.29 is 27.4 Å². The smallest absolute Gasteiger partial charge is 0.318 e. The second kappa shape index (κ2) is 16.7. The number of nitriles is 1. The van der Waals surface area contributed by atoms with E-state index >= 15 is 0 Å². The number of piperazine rings is 1. The molecule has 1 aromatic heterocycles. The zero-order chi connectivity index (χ0) is 36.0. The van der Waals surface area contributed by atoms with Crippen LogP contribution in [0.5, 0.6) is 6.01 Å². The first-order valence-corrected chi connectivity index (χ1v) is 19.8. The maximum atomic E-state index is 12.6. The fraction of sp³-hybridized carbons (Fsp3) is 0.556. The van der Waals surface area contributed by atoms with Gasteiger partial charge >= 0.3 is 12.0 Å². The van der Waals surface area contributed by atoms with Crippen molar-refractivity contribution in [2.45, 2.75) is 57.2 Å². The molecule has 3 aliphatic rings. The summed E-state index contributed by atoms with van der Waals surface area (Å²) in [6, 6.07) is 14.3. The Kier molecular flexibility index (Phi) is 12.1. The van der Waals surface area contributed by atoms with Crippen molar-refractivity contribution in [3.05, 3.63) is 52.7 Å². The first-order valence-electron chi connectivity index (χ1n) is 17.6. The van der Waals surface area contributed by atoms with Gasteiger partial charge in [-0.1, -0.05) is 35.9 Å². The first-order chi connectivity index (χ1) is 24.7. The van der Waals surface area contributed by atoms with Crippen LogP contribution in [0.4, 0.5) is 11.5 Å². The van der Waals surface area contributed by atoms with E-state index in [0.29, 0.717) is 56.9 Å². The molecular formula is C36H46ClN7O6S. The van der Waals surface area contributed by atoms with E-state index in [0.717, 1.165) is 72.4 Å². The number of hydrogen-bond acceptors (Lipinski definition) is 12. The number of carbonyl (C=O) groups is 1. The number of esters is 1. The maximum absolute atomic E-state index is 12.6. The van der Waals surface area contributed by atoms with Gasteiger partial charge in [-0.3, -0.25) is 9.69 Å². The van der Waals surface area contributed by atoms with Crippen LogP contribution in [0.1, 0.15) is 43.4 Å². The maximum Gasteiger partial charge on any atom is 0.318 e. The Bertz CT molecular complexity index is 1850. The van der Waals surface area contributed by atoms with Crippen LogP contribution < -0.4 is 14.5 Å². The van der Waals surface area contributed by atoms with Gasteiger partial charge in [0.15, 0.2) is 0 Å². The summed E-state index contributed by atoms with van der Waals surface area (Å²) >= 11 is 6.73. The SMILES string of the molecule is COC(=O)CCOCCCN1CCCC1COc1nc2c(c(N3CCN(S(C)(=O)=O)C(CC#N)C3)n1)CCN(c1cccc3cccc(Cl)c13)C2. The van der Waals surface area contributed by atoms with Crippen LogP contribution in [-0.2, 0) is 37.3 Å². The third-order valence-electron chi connectivity index (χ3n) is 9.99. The summed E-state index contributed by atoms with van der Waals surface area (Å²) in [7, 11) is -2.10. The lowest BCUT2D eigenvalue weighted by Crippen LogP contribution is -2.55. The molecule has 3 aromatic rings. The molecule has 2 saturated heterocycles. The lowest BCUT2D eigenvalue weighted by molar-refractivity contribution is -0.141. The van der Waals surface area contributed by atoms with E-state index in [4.69, 9.17) is 31.0 Å².